The predicted molar refractivity (Wildman–Crippen MR) is 122 cm³/mol. The number of hydrogen-bond acceptors (Lipinski definition) is 7. The summed E-state index contributed by atoms with van der Waals surface area (Å²) in [5.74, 6) is 0.204. The van der Waals surface area contributed by atoms with Gasteiger partial charge in [0.05, 0.1) is 21.6 Å². The molecule has 5 aromatic rings. The Hall–Kier alpha value is -3.88. The number of aliphatic hydroxyl groups excluding tert-OH is 1. The number of benzene rings is 3. The molecule has 8 heteroatoms. The van der Waals surface area contributed by atoms with E-state index in [1.54, 1.807) is 18.2 Å². The summed E-state index contributed by atoms with van der Waals surface area (Å²) in [4.78, 5) is 18.9. The normalized spacial score (nSPS) is 19.1. The lowest BCUT2D eigenvalue weighted by Crippen LogP contribution is -2.31. The number of esters is 1. The van der Waals surface area contributed by atoms with Crippen LogP contribution in [0.1, 0.15) is 23.3 Å². The van der Waals surface area contributed by atoms with Crippen LogP contribution in [0.4, 0.5) is 0 Å². The number of carbonyl (C=O) groups is 1. The van der Waals surface area contributed by atoms with Crippen molar-refractivity contribution in [2.45, 2.75) is 12.0 Å². The van der Waals surface area contributed by atoms with Gasteiger partial charge in [0.2, 0.25) is 6.79 Å². The van der Waals surface area contributed by atoms with Crippen molar-refractivity contribution in [1.29, 1.82) is 0 Å². The summed E-state index contributed by atoms with van der Waals surface area (Å²) in [7, 11) is 0. The zero-order chi connectivity index (χ0) is 22.1. The fourth-order valence-corrected chi connectivity index (χ4v) is 5.67. The van der Waals surface area contributed by atoms with Crippen LogP contribution >= 0.6 is 11.3 Å². The first kappa shape index (κ1) is 18.7. The van der Waals surface area contributed by atoms with Gasteiger partial charge in [-0.05, 0) is 36.4 Å². The molecule has 2 aromatic heterocycles. The van der Waals surface area contributed by atoms with Crippen LogP contribution in [0.3, 0.4) is 0 Å². The lowest BCUT2D eigenvalue weighted by molar-refractivity contribution is -0.141. The zero-order valence-electron chi connectivity index (χ0n) is 17.1. The SMILES string of the molecule is O=C1Oc2ccccc2C(O)C1c1c(-c2ccc3c(c2)OCO3)nc2sc3ccccc3n12. The van der Waals surface area contributed by atoms with E-state index in [2.05, 4.69) is 0 Å². The highest BCUT2D eigenvalue weighted by atomic mass is 32.1. The average molecular weight is 456 g/mol. The quantitative estimate of drug-likeness (QED) is 0.307. The van der Waals surface area contributed by atoms with Crippen molar-refractivity contribution >= 4 is 32.5 Å². The highest BCUT2D eigenvalue weighted by molar-refractivity contribution is 7.23. The Balaban J connectivity index is 1.52. The first-order valence-corrected chi connectivity index (χ1v) is 11.3. The molecular formula is C25H16N2O5S. The number of nitrogens with zero attached hydrogens (tertiary/aromatic N) is 2. The molecule has 0 aliphatic carbocycles. The van der Waals surface area contributed by atoms with Gasteiger partial charge in [-0.2, -0.15) is 0 Å². The molecule has 0 radical (unpaired) electrons. The maximum Gasteiger partial charge on any atom is 0.323 e. The van der Waals surface area contributed by atoms with Crippen LogP contribution in [0.5, 0.6) is 17.2 Å². The second kappa shape index (κ2) is 6.81. The maximum atomic E-state index is 13.3. The maximum absolute atomic E-state index is 13.3. The number of imidazole rings is 1. The van der Waals surface area contributed by atoms with Crippen molar-refractivity contribution < 1.29 is 24.1 Å². The molecule has 3 aromatic carbocycles. The van der Waals surface area contributed by atoms with E-state index in [1.807, 2.05) is 52.9 Å². The Bertz CT molecular complexity index is 1590. The van der Waals surface area contributed by atoms with Crippen LogP contribution in [0.2, 0.25) is 0 Å². The van der Waals surface area contributed by atoms with Crippen LogP contribution in [0.25, 0.3) is 26.4 Å². The molecular weight excluding hydrogens is 440 g/mol. The number of ether oxygens (including phenoxy) is 3. The molecule has 0 amide bonds. The van der Waals surface area contributed by atoms with Crippen LogP contribution in [-0.2, 0) is 4.79 Å². The fraction of sp³-hybridized carbons (Fsp3) is 0.120. The minimum atomic E-state index is -1.08. The van der Waals surface area contributed by atoms with Gasteiger partial charge in [0, 0.05) is 11.1 Å². The molecule has 1 N–H and O–H groups in total. The summed E-state index contributed by atoms with van der Waals surface area (Å²) in [6.45, 7) is 0.166. The van der Waals surface area contributed by atoms with Crippen molar-refractivity contribution in [3.8, 4) is 28.5 Å². The molecule has 4 heterocycles. The third-order valence-electron chi connectivity index (χ3n) is 6.15. The third kappa shape index (κ3) is 2.65. The predicted octanol–water partition coefficient (Wildman–Crippen LogP) is 4.68. The average Bonchev–Trinajstić information content (AvgIpc) is 3.52. The molecule has 2 unspecified atom stereocenters. The molecule has 2 atom stereocenters. The van der Waals surface area contributed by atoms with Gasteiger partial charge in [-0.1, -0.05) is 41.7 Å². The molecule has 33 heavy (non-hydrogen) atoms. The van der Waals surface area contributed by atoms with E-state index in [-0.39, 0.29) is 6.79 Å². The number of para-hydroxylation sites is 2. The summed E-state index contributed by atoms with van der Waals surface area (Å²) >= 11 is 1.53. The van der Waals surface area contributed by atoms with E-state index in [0.29, 0.717) is 34.2 Å². The van der Waals surface area contributed by atoms with Crippen LogP contribution in [0.15, 0.2) is 66.7 Å². The van der Waals surface area contributed by atoms with E-state index in [1.165, 1.54) is 11.3 Å². The molecule has 2 aliphatic rings. The highest BCUT2D eigenvalue weighted by Crippen LogP contribution is 2.47. The zero-order valence-corrected chi connectivity index (χ0v) is 17.9. The van der Waals surface area contributed by atoms with E-state index in [0.717, 1.165) is 20.7 Å². The van der Waals surface area contributed by atoms with Gasteiger partial charge in [0.1, 0.15) is 17.8 Å². The summed E-state index contributed by atoms with van der Waals surface area (Å²) in [5.41, 5.74) is 3.46. The van der Waals surface area contributed by atoms with Crippen molar-refractivity contribution in [1.82, 2.24) is 9.38 Å². The van der Waals surface area contributed by atoms with E-state index >= 15 is 0 Å². The van der Waals surface area contributed by atoms with Crippen LogP contribution < -0.4 is 14.2 Å². The van der Waals surface area contributed by atoms with Gasteiger partial charge in [-0.3, -0.25) is 9.20 Å². The summed E-state index contributed by atoms with van der Waals surface area (Å²) in [5, 5.41) is 11.4. The number of fused-ring (bicyclic) bond motifs is 5. The number of carbonyl (C=O) groups excluding carboxylic acids is 1. The van der Waals surface area contributed by atoms with Gasteiger partial charge in [0.25, 0.3) is 0 Å². The van der Waals surface area contributed by atoms with Gasteiger partial charge in [-0.15, -0.1) is 0 Å². The van der Waals surface area contributed by atoms with E-state index in [4.69, 9.17) is 19.2 Å². The largest absolute Gasteiger partial charge is 0.454 e. The number of aliphatic hydroxyl groups is 1. The Morgan fingerprint density at radius 3 is 2.73 bits per heavy atom. The summed E-state index contributed by atoms with van der Waals surface area (Å²) in [6.07, 6.45) is -1.08. The molecule has 7 rings (SSSR count). The van der Waals surface area contributed by atoms with E-state index < -0.39 is 18.0 Å². The van der Waals surface area contributed by atoms with Crippen LogP contribution in [0, 0.1) is 0 Å². The number of thiazole rings is 1. The van der Waals surface area contributed by atoms with Gasteiger partial charge in [0.15, 0.2) is 16.5 Å². The summed E-state index contributed by atoms with van der Waals surface area (Å²) in [6, 6.07) is 20.6. The minimum absolute atomic E-state index is 0.166. The summed E-state index contributed by atoms with van der Waals surface area (Å²) < 4.78 is 19.7. The van der Waals surface area contributed by atoms with Gasteiger partial charge in [-0.25, -0.2) is 4.98 Å². The molecule has 0 saturated carbocycles. The molecule has 0 fully saturated rings. The number of aromatic nitrogens is 2. The fourth-order valence-electron chi connectivity index (χ4n) is 4.64. The Morgan fingerprint density at radius 1 is 0.970 bits per heavy atom. The minimum Gasteiger partial charge on any atom is -0.454 e. The van der Waals surface area contributed by atoms with Gasteiger partial charge < -0.3 is 19.3 Å². The first-order chi connectivity index (χ1) is 16.2. The lowest BCUT2D eigenvalue weighted by Gasteiger charge is -2.28. The monoisotopic (exact) mass is 456 g/mol. The molecule has 2 aliphatic heterocycles. The Morgan fingerprint density at radius 2 is 1.79 bits per heavy atom. The van der Waals surface area contributed by atoms with E-state index in [9.17, 15) is 9.90 Å². The molecule has 0 bridgehead atoms. The smallest absolute Gasteiger partial charge is 0.323 e. The lowest BCUT2D eigenvalue weighted by atomic mass is 9.88. The number of rotatable bonds is 2. The Kier molecular flexibility index (Phi) is 3.85. The Labute approximate surface area is 191 Å². The van der Waals surface area contributed by atoms with Crippen molar-refractivity contribution in [3.63, 3.8) is 0 Å². The molecule has 162 valence electrons. The third-order valence-corrected chi connectivity index (χ3v) is 7.17. The van der Waals surface area contributed by atoms with Crippen molar-refractivity contribution in [3.05, 3.63) is 78.0 Å². The molecule has 0 saturated heterocycles. The number of hydrogen-bond donors (Lipinski definition) is 1. The second-order valence-electron chi connectivity index (χ2n) is 7.98. The van der Waals surface area contributed by atoms with Crippen LogP contribution in [-0.4, -0.2) is 27.3 Å². The standard InChI is InChI=1S/C25H16N2O5S/c28-23-14-5-1-3-7-16(14)32-24(29)20(23)22-21(13-9-10-17-18(11-13)31-12-30-17)26-25-27(22)15-6-2-4-8-19(15)33-25/h1-11,20,23,28H,12H2. The second-order valence-corrected chi connectivity index (χ2v) is 8.99. The van der Waals surface area contributed by atoms with Gasteiger partial charge >= 0.3 is 5.97 Å². The highest BCUT2D eigenvalue weighted by Gasteiger charge is 2.42. The molecule has 7 nitrogen and oxygen atoms in total. The molecule has 0 spiro atoms. The van der Waals surface area contributed by atoms with Crippen molar-refractivity contribution in [2.24, 2.45) is 0 Å². The topological polar surface area (TPSA) is 82.3 Å². The van der Waals surface area contributed by atoms with Crippen molar-refractivity contribution in [2.75, 3.05) is 6.79 Å². The first-order valence-electron chi connectivity index (χ1n) is 10.5.